The van der Waals surface area contributed by atoms with E-state index in [9.17, 15) is 0 Å². The second-order valence-electron chi connectivity index (χ2n) is 3.62. The van der Waals surface area contributed by atoms with Crippen molar-refractivity contribution in [3.8, 4) is 0 Å². The Balaban J connectivity index is -0.000000259. The van der Waals surface area contributed by atoms with Gasteiger partial charge in [-0.15, -0.1) is 0 Å². The van der Waals surface area contributed by atoms with Gasteiger partial charge in [-0.05, 0) is 47.9 Å². The van der Waals surface area contributed by atoms with Crippen LogP contribution in [0.15, 0.2) is 60.7 Å². The molecule has 0 saturated carbocycles. The summed E-state index contributed by atoms with van der Waals surface area (Å²) in [5.74, 6) is 0. The van der Waals surface area contributed by atoms with Crippen LogP contribution in [0.1, 0.15) is 0 Å². The molecule has 0 amide bonds. The Labute approximate surface area is 188 Å². The molecular weight excluding hydrogens is 460 g/mol. The molecule has 6 nitrogen and oxygen atoms in total. The van der Waals surface area contributed by atoms with Gasteiger partial charge in [-0.3, -0.25) is 0 Å². The van der Waals surface area contributed by atoms with E-state index in [4.69, 9.17) is 52.6 Å². The van der Waals surface area contributed by atoms with E-state index in [1.54, 1.807) is 0 Å². The van der Waals surface area contributed by atoms with E-state index in [0.717, 1.165) is 10.0 Å². The predicted molar refractivity (Wildman–Crippen MR) is 112 cm³/mol. The third-order valence-corrected chi connectivity index (χ3v) is 1.97. The fraction of sp³-hybridized carbons (Fsp3) is 0. The van der Waals surface area contributed by atoms with E-state index in [1.165, 1.54) is 0 Å². The van der Waals surface area contributed by atoms with Gasteiger partial charge in [0.15, 0.2) is 0 Å². The molecule has 6 N–H and O–H groups in total. The van der Waals surface area contributed by atoms with Gasteiger partial charge in [0.05, 0.1) is 0 Å². The fourth-order valence-electron chi connectivity index (χ4n) is 0.829. The van der Waals surface area contributed by atoms with Crippen molar-refractivity contribution in [2.45, 2.75) is 0 Å². The molecule has 2 aromatic rings. The van der Waals surface area contributed by atoms with Crippen molar-refractivity contribution in [2.75, 3.05) is 0 Å². The molecule has 0 spiro atoms. The normalized spacial score (nSPS) is 9.60. The average molecular weight is 477 g/mol. The molecule has 0 aliphatic carbocycles. The number of halogens is 2. The van der Waals surface area contributed by atoms with E-state index in [0.29, 0.717) is 0 Å². The van der Waals surface area contributed by atoms with Crippen molar-refractivity contribution in [3.05, 3.63) is 70.7 Å². The van der Waals surface area contributed by atoms with Crippen molar-refractivity contribution in [3.63, 3.8) is 0 Å². The zero-order chi connectivity index (χ0) is 19.2. The molecule has 0 aliphatic heterocycles. The first-order chi connectivity index (χ1) is 10.8. The maximum atomic E-state index is 7.56. The van der Waals surface area contributed by atoms with Crippen LogP contribution < -0.4 is 0 Å². The Bertz CT molecular complexity index is 569. The van der Waals surface area contributed by atoms with Crippen LogP contribution in [0.2, 0.25) is 10.0 Å². The first-order valence-electron chi connectivity index (χ1n) is 5.76. The Morgan fingerprint density at radius 3 is 0.800 bits per heavy atom. The molecule has 2 aromatic carbocycles. The van der Waals surface area contributed by atoms with Gasteiger partial charge in [-0.2, -0.15) is 0 Å². The van der Waals surface area contributed by atoms with Crippen molar-refractivity contribution >= 4 is 89.8 Å². The van der Waals surface area contributed by atoms with Gasteiger partial charge < -0.3 is 29.4 Å². The number of rotatable bonds is 0. The molecule has 0 heterocycles. The summed E-state index contributed by atoms with van der Waals surface area (Å²) in [5, 5.41) is 1.59. The second kappa shape index (κ2) is 17.2. The molecule has 0 aromatic heterocycles. The zero-order valence-electron chi connectivity index (χ0n) is 11.9. The molecule has 0 unspecified atom stereocenters. The number of benzene rings is 2. The van der Waals surface area contributed by atoms with Gasteiger partial charge in [0.1, 0.15) is 0 Å². The second-order valence-corrected chi connectivity index (χ2v) is 9.48. The predicted octanol–water partition coefficient (Wildman–Crippen LogP) is 2.41. The summed E-state index contributed by atoms with van der Waals surface area (Å²) in [6.45, 7) is -7.61. The maximum absolute atomic E-state index is 7.56. The molecular formula is C12H17Cl2NaO6P2S2. The molecule has 0 radical (unpaired) electrons. The van der Waals surface area contributed by atoms with Crippen LogP contribution in [0.5, 0.6) is 0 Å². The van der Waals surface area contributed by atoms with Crippen LogP contribution >= 0.6 is 36.6 Å². The van der Waals surface area contributed by atoms with E-state index in [-0.39, 0.29) is 29.6 Å². The number of hydrogen-bond donors (Lipinski definition) is 6. The van der Waals surface area contributed by atoms with E-state index in [2.05, 4.69) is 23.6 Å². The van der Waals surface area contributed by atoms with Gasteiger partial charge in [0, 0.05) is 10.0 Å². The van der Waals surface area contributed by atoms with Crippen LogP contribution in [-0.2, 0) is 23.6 Å². The SMILES string of the molecule is Clc1ccccc1.Clc1ccccc1.OP(O)(O)=S.OP(O)(O)=S.[NaH]. The molecule has 0 aliphatic rings. The molecule has 13 heteroatoms. The Hall–Kier alpha value is 1.08. The van der Waals surface area contributed by atoms with Crippen LogP contribution in [0, 0.1) is 0 Å². The van der Waals surface area contributed by atoms with Crippen LogP contribution in [0.4, 0.5) is 0 Å². The summed E-state index contributed by atoms with van der Waals surface area (Å²) in [5.41, 5.74) is 0. The molecule has 2 rings (SSSR count). The van der Waals surface area contributed by atoms with Gasteiger partial charge in [0.25, 0.3) is 0 Å². The zero-order valence-corrected chi connectivity index (χ0v) is 16.9. The molecule has 0 fully saturated rings. The third kappa shape index (κ3) is 45.8. The molecule has 0 saturated heterocycles. The minimum atomic E-state index is -3.81. The quantitative estimate of drug-likeness (QED) is 0.253. The fourth-order valence-corrected chi connectivity index (χ4v) is 1.12. The third-order valence-electron chi connectivity index (χ3n) is 1.47. The summed E-state index contributed by atoms with van der Waals surface area (Å²) in [6, 6.07) is 18.9. The molecule has 0 atom stereocenters. The first kappa shape index (κ1) is 30.8. The van der Waals surface area contributed by atoms with E-state index < -0.39 is 13.4 Å². The standard InChI is InChI=1S/2C6H5Cl.Na.2H3O3PS.H/c2*7-6-4-2-1-3-5-6;;2*1-4(2,3)5;/h2*1-5H;;2*(H3,1,2,3,5);. The topological polar surface area (TPSA) is 121 Å². The average Bonchev–Trinajstić information content (AvgIpc) is 2.37. The molecule has 0 bridgehead atoms. The first-order valence-corrected chi connectivity index (χ1v) is 11.8. The minimum absolute atomic E-state index is 0. The summed E-state index contributed by atoms with van der Waals surface area (Å²) >= 11 is 18.3. The van der Waals surface area contributed by atoms with Crippen LogP contribution in [-0.4, -0.2) is 58.9 Å². The summed E-state index contributed by atoms with van der Waals surface area (Å²) in [6.07, 6.45) is 0. The molecule has 138 valence electrons. The van der Waals surface area contributed by atoms with Crippen molar-refractivity contribution in [1.82, 2.24) is 0 Å². The molecule has 25 heavy (non-hydrogen) atoms. The van der Waals surface area contributed by atoms with Gasteiger partial charge in [-0.25, -0.2) is 0 Å². The Morgan fingerprint density at radius 1 is 0.560 bits per heavy atom. The van der Waals surface area contributed by atoms with E-state index in [1.807, 2.05) is 60.7 Å². The van der Waals surface area contributed by atoms with Gasteiger partial charge in [-0.1, -0.05) is 59.6 Å². The van der Waals surface area contributed by atoms with Crippen LogP contribution in [0.3, 0.4) is 0 Å². The number of hydrogen-bond acceptors (Lipinski definition) is 2. The Morgan fingerprint density at radius 2 is 0.720 bits per heavy atom. The Kier molecular flexibility index (Phi) is 21.2. The van der Waals surface area contributed by atoms with Crippen LogP contribution in [0.25, 0.3) is 0 Å². The van der Waals surface area contributed by atoms with E-state index >= 15 is 0 Å². The summed E-state index contributed by atoms with van der Waals surface area (Å²) in [4.78, 5) is 45.3. The van der Waals surface area contributed by atoms with Crippen molar-refractivity contribution in [2.24, 2.45) is 0 Å². The monoisotopic (exact) mass is 476 g/mol. The van der Waals surface area contributed by atoms with Gasteiger partial charge in [0.2, 0.25) is 0 Å². The van der Waals surface area contributed by atoms with Gasteiger partial charge >= 0.3 is 43.0 Å². The summed E-state index contributed by atoms with van der Waals surface area (Å²) < 4.78 is 0. The van der Waals surface area contributed by atoms with Crippen molar-refractivity contribution < 1.29 is 29.4 Å². The summed E-state index contributed by atoms with van der Waals surface area (Å²) in [7, 11) is 0. The van der Waals surface area contributed by atoms with Crippen molar-refractivity contribution in [1.29, 1.82) is 0 Å².